The molecule has 0 aliphatic rings. The molecule has 0 saturated carbocycles. The molecule has 0 radical (unpaired) electrons. The van der Waals surface area contributed by atoms with E-state index >= 15 is 0 Å². The summed E-state index contributed by atoms with van der Waals surface area (Å²) in [5, 5.41) is 10.00. The first-order valence-electron chi connectivity index (χ1n) is 8.35. The highest BCUT2D eigenvalue weighted by molar-refractivity contribution is 7.20. The van der Waals surface area contributed by atoms with Crippen molar-refractivity contribution in [2.75, 3.05) is 27.4 Å². The molecule has 1 heterocycles. The SMILES string of the molecule is COC(=O)[C@@H](C)CC(=O)c1cc2cc(OCC(C)CO)c(OC)cc2s1. The predicted octanol–water partition coefficient (Wildman–Crippen LogP) is 3.30. The average molecular weight is 380 g/mol. The van der Waals surface area contributed by atoms with E-state index in [2.05, 4.69) is 4.74 Å². The van der Waals surface area contributed by atoms with Crippen molar-refractivity contribution in [2.24, 2.45) is 11.8 Å². The third-order valence-corrected chi connectivity index (χ3v) is 5.15. The maximum absolute atomic E-state index is 12.5. The molecular formula is C19H24O6S. The number of ketones is 1. The molecular weight excluding hydrogens is 356 g/mol. The number of aliphatic hydroxyl groups is 1. The first-order chi connectivity index (χ1) is 12.4. The summed E-state index contributed by atoms with van der Waals surface area (Å²) in [7, 11) is 2.87. The quantitative estimate of drug-likeness (QED) is 0.531. The van der Waals surface area contributed by atoms with Gasteiger partial charge in [0.15, 0.2) is 17.3 Å². The molecule has 2 rings (SSSR count). The van der Waals surface area contributed by atoms with Crippen LogP contribution in [0.15, 0.2) is 18.2 Å². The fourth-order valence-electron chi connectivity index (χ4n) is 2.41. The highest BCUT2D eigenvalue weighted by Gasteiger charge is 2.20. The third kappa shape index (κ3) is 4.74. The molecule has 1 unspecified atom stereocenters. The van der Waals surface area contributed by atoms with Crippen LogP contribution < -0.4 is 9.47 Å². The molecule has 1 N–H and O–H groups in total. The van der Waals surface area contributed by atoms with Crippen molar-refractivity contribution < 1.29 is 28.9 Å². The number of fused-ring (bicyclic) bond motifs is 1. The summed E-state index contributed by atoms with van der Waals surface area (Å²) in [6.45, 7) is 3.97. The van der Waals surface area contributed by atoms with Crippen molar-refractivity contribution in [2.45, 2.75) is 20.3 Å². The first kappa shape index (κ1) is 20.2. The summed E-state index contributed by atoms with van der Waals surface area (Å²) in [6.07, 6.45) is 0.105. The van der Waals surface area contributed by atoms with Crippen LogP contribution in [0.4, 0.5) is 0 Å². The lowest BCUT2D eigenvalue weighted by atomic mass is 10.0. The zero-order valence-electron chi connectivity index (χ0n) is 15.4. The van der Waals surface area contributed by atoms with Crippen LogP contribution in [0.25, 0.3) is 10.1 Å². The van der Waals surface area contributed by atoms with Crippen molar-refractivity contribution in [1.82, 2.24) is 0 Å². The Bertz CT molecular complexity index is 782. The van der Waals surface area contributed by atoms with Crippen molar-refractivity contribution >= 4 is 33.2 Å². The smallest absolute Gasteiger partial charge is 0.308 e. The minimum Gasteiger partial charge on any atom is -0.493 e. The number of methoxy groups -OCH3 is 2. The van der Waals surface area contributed by atoms with Gasteiger partial charge in [0, 0.05) is 29.7 Å². The Morgan fingerprint density at radius 1 is 1.15 bits per heavy atom. The standard InChI is InChI=1S/C19H24O6S/c1-11(9-20)10-25-16-6-13-7-18(26-17(13)8-15(16)23-3)14(21)5-12(2)19(22)24-4/h6-8,11-12,20H,5,9-10H2,1-4H3/t11?,12-/m0/s1. The number of Topliss-reactive ketones (excluding diaryl/α,β-unsaturated/α-hetero) is 1. The second-order valence-corrected chi connectivity index (χ2v) is 7.39. The Balaban J connectivity index is 2.24. The Labute approximate surface area is 156 Å². The predicted molar refractivity (Wildman–Crippen MR) is 100 cm³/mol. The van der Waals surface area contributed by atoms with Crippen LogP contribution in [0.3, 0.4) is 0 Å². The molecule has 2 atom stereocenters. The fraction of sp³-hybridized carbons (Fsp3) is 0.474. The average Bonchev–Trinajstić information content (AvgIpc) is 3.07. The van der Waals surface area contributed by atoms with Crippen LogP contribution in [0.1, 0.15) is 29.9 Å². The highest BCUT2D eigenvalue weighted by Crippen LogP contribution is 2.37. The number of rotatable bonds is 9. The lowest BCUT2D eigenvalue weighted by Crippen LogP contribution is -2.16. The number of esters is 1. The zero-order valence-corrected chi connectivity index (χ0v) is 16.2. The van der Waals surface area contributed by atoms with Gasteiger partial charge in [-0.05, 0) is 17.5 Å². The minimum atomic E-state index is -0.480. The Morgan fingerprint density at radius 3 is 2.50 bits per heavy atom. The van der Waals surface area contributed by atoms with Gasteiger partial charge in [0.05, 0.1) is 31.6 Å². The summed E-state index contributed by atoms with van der Waals surface area (Å²) >= 11 is 1.36. The molecule has 0 bridgehead atoms. The van der Waals surface area contributed by atoms with Gasteiger partial charge in [-0.1, -0.05) is 13.8 Å². The summed E-state index contributed by atoms with van der Waals surface area (Å²) in [5.74, 6) is 0.182. The molecule has 0 fully saturated rings. The van der Waals surface area contributed by atoms with Crippen molar-refractivity contribution in [3.63, 3.8) is 0 Å². The van der Waals surface area contributed by atoms with E-state index in [4.69, 9.17) is 14.6 Å². The number of benzene rings is 1. The fourth-order valence-corrected chi connectivity index (χ4v) is 3.43. The van der Waals surface area contributed by atoms with E-state index in [0.29, 0.717) is 23.0 Å². The Morgan fingerprint density at radius 2 is 1.88 bits per heavy atom. The van der Waals surface area contributed by atoms with Crippen LogP contribution >= 0.6 is 11.3 Å². The third-order valence-electron chi connectivity index (χ3n) is 4.01. The van der Waals surface area contributed by atoms with Crippen LogP contribution in [0.2, 0.25) is 0 Å². The zero-order chi connectivity index (χ0) is 19.3. The van der Waals surface area contributed by atoms with Gasteiger partial charge >= 0.3 is 5.97 Å². The maximum atomic E-state index is 12.5. The van der Waals surface area contributed by atoms with Gasteiger partial charge in [0.25, 0.3) is 0 Å². The first-order valence-corrected chi connectivity index (χ1v) is 9.17. The second-order valence-electron chi connectivity index (χ2n) is 6.30. The molecule has 0 amide bonds. The minimum absolute atomic E-state index is 0.00910. The van der Waals surface area contributed by atoms with Gasteiger partial charge in [0.2, 0.25) is 0 Å². The van der Waals surface area contributed by atoms with Crippen LogP contribution in [-0.2, 0) is 9.53 Å². The van der Waals surface area contributed by atoms with Crippen LogP contribution in [0.5, 0.6) is 11.5 Å². The summed E-state index contributed by atoms with van der Waals surface area (Å²) in [6, 6.07) is 5.46. The molecule has 7 heteroatoms. The molecule has 1 aromatic heterocycles. The van der Waals surface area contributed by atoms with Gasteiger partial charge in [-0.3, -0.25) is 9.59 Å². The number of hydrogen-bond acceptors (Lipinski definition) is 7. The number of aliphatic hydroxyl groups excluding tert-OH is 1. The molecule has 0 aliphatic carbocycles. The van der Waals surface area contributed by atoms with E-state index < -0.39 is 11.9 Å². The molecule has 142 valence electrons. The van der Waals surface area contributed by atoms with Crippen molar-refractivity contribution in [1.29, 1.82) is 0 Å². The number of carbonyl (C=O) groups is 2. The lowest BCUT2D eigenvalue weighted by molar-refractivity contribution is -0.144. The summed E-state index contributed by atoms with van der Waals surface area (Å²) < 4.78 is 16.7. The molecule has 6 nitrogen and oxygen atoms in total. The van der Waals surface area contributed by atoms with E-state index in [-0.39, 0.29) is 24.7 Å². The van der Waals surface area contributed by atoms with E-state index in [0.717, 1.165) is 10.1 Å². The van der Waals surface area contributed by atoms with Crippen molar-refractivity contribution in [3.8, 4) is 11.5 Å². The van der Waals surface area contributed by atoms with Gasteiger partial charge in [-0.15, -0.1) is 11.3 Å². The number of ether oxygens (including phenoxy) is 3. The van der Waals surface area contributed by atoms with Gasteiger partial charge in [-0.25, -0.2) is 0 Å². The summed E-state index contributed by atoms with van der Waals surface area (Å²) in [5.41, 5.74) is 0. The molecule has 26 heavy (non-hydrogen) atoms. The number of hydrogen-bond donors (Lipinski definition) is 1. The Kier molecular flexibility index (Phi) is 6.99. The topological polar surface area (TPSA) is 82.1 Å². The Hall–Kier alpha value is -2.12. The number of thiophene rings is 1. The van der Waals surface area contributed by atoms with Crippen LogP contribution in [-0.4, -0.2) is 44.3 Å². The van der Waals surface area contributed by atoms with Gasteiger partial charge in [-0.2, -0.15) is 0 Å². The van der Waals surface area contributed by atoms with Gasteiger partial charge < -0.3 is 19.3 Å². The largest absolute Gasteiger partial charge is 0.493 e. The van der Waals surface area contributed by atoms with Crippen molar-refractivity contribution in [3.05, 3.63) is 23.1 Å². The highest BCUT2D eigenvalue weighted by atomic mass is 32.1. The number of carbonyl (C=O) groups excluding carboxylic acids is 2. The van der Waals surface area contributed by atoms with E-state index in [1.165, 1.54) is 18.4 Å². The normalized spacial score (nSPS) is 13.3. The van der Waals surface area contributed by atoms with Crippen LogP contribution in [0, 0.1) is 11.8 Å². The van der Waals surface area contributed by atoms with E-state index in [9.17, 15) is 9.59 Å². The van der Waals surface area contributed by atoms with Gasteiger partial charge in [0.1, 0.15) is 0 Å². The second kappa shape index (κ2) is 9.00. The molecule has 2 aromatic rings. The molecule has 0 aliphatic heterocycles. The monoisotopic (exact) mass is 380 g/mol. The molecule has 1 aromatic carbocycles. The summed E-state index contributed by atoms with van der Waals surface area (Å²) in [4.78, 5) is 24.5. The molecule has 0 saturated heterocycles. The maximum Gasteiger partial charge on any atom is 0.308 e. The molecule has 0 spiro atoms. The van der Waals surface area contributed by atoms with E-state index in [1.54, 1.807) is 20.1 Å². The lowest BCUT2D eigenvalue weighted by Gasteiger charge is -2.13. The van der Waals surface area contributed by atoms with E-state index in [1.807, 2.05) is 19.1 Å².